The molecule has 0 bridgehead atoms. The van der Waals surface area contributed by atoms with Gasteiger partial charge in [-0.05, 0) is 44.0 Å². The van der Waals surface area contributed by atoms with Gasteiger partial charge in [0, 0.05) is 31.7 Å². The van der Waals surface area contributed by atoms with Crippen LogP contribution in [0.3, 0.4) is 0 Å². The Labute approximate surface area is 126 Å². The molecule has 2 atom stereocenters. The molecule has 4 nitrogen and oxygen atoms in total. The number of rotatable bonds is 3. The van der Waals surface area contributed by atoms with Gasteiger partial charge in [0.2, 0.25) is 0 Å². The first-order valence-corrected chi connectivity index (χ1v) is 7.76. The second-order valence-corrected chi connectivity index (χ2v) is 6.22. The number of ether oxygens (including phenoxy) is 1. The molecule has 3 rings (SSSR count). The first-order chi connectivity index (χ1) is 10.2. The Kier molecular flexibility index (Phi) is 4.14. The molecule has 2 saturated heterocycles. The molecule has 2 fully saturated rings. The summed E-state index contributed by atoms with van der Waals surface area (Å²) >= 11 is 0. The van der Waals surface area contributed by atoms with Crippen LogP contribution in [0.4, 0.5) is 0 Å². The number of hydrogen-bond donors (Lipinski definition) is 0. The fourth-order valence-corrected chi connectivity index (χ4v) is 3.64. The third kappa shape index (κ3) is 2.90. The minimum atomic E-state index is 0.576. The molecule has 21 heavy (non-hydrogen) atoms. The molecule has 1 aromatic rings. The summed E-state index contributed by atoms with van der Waals surface area (Å²) in [4.78, 5) is 5.19. The van der Waals surface area contributed by atoms with Crippen molar-refractivity contribution in [1.29, 1.82) is 5.26 Å². The first kappa shape index (κ1) is 14.4. The number of benzene rings is 1. The molecular formula is C17H23N3O. The van der Waals surface area contributed by atoms with Gasteiger partial charge in [0.25, 0.3) is 0 Å². The molecule has 2 unspecified atom stereocenters. The molecule has 2 heterocycles. The topological polar surface area (TPSA) is 39.5 Å². The van der Waals surface area contributed by atoms with E-state index in [4.69, 9.17) is 4.74 Å². The molecule has 1 aromatic carbocycles. The Morgan fingerprint density at radius 1 is 1.38 bits per heavy atom. The van der Waals surface area contributed by atoms with Crippen molar-refractivity contribution in [3.05, 3.63) is 29.3 Å². The smallest absolute Gasteiger partial charge is 0.136 e. The highest BCUT2D eigenvalue weighted by Crippen LogP contribution is 2.26. The molecule has 0 amide bonds. The molecule has 0 radical (unpaired) electrons. The van der Waals surface area contributed by atoms with E-state index >= 15 is 0 Å². The fourth-order valence-electron chi connectivity index (χ4n) is 3.64. The summed E-state index contributed by atoms with van der Waals surface area (Å²) < 4.78 is 5.22. The summed E-state index contributed by atoms with van der Waals surface area (Å²) in [6, 6.07) is 9.48. The van der Waals surface area contributed by atoms with E-state index in [0.717, 1.165) is 19.1 Å². The van der Waals surface area contributed by atoms with E-state index in [1.165, 1.54) is 31.5 Å². The van der Waals surface area contributed by atoms with Crippen molar-refractivity contribution < 1.29 is 4.74 Å². The normalized spacial score (nSPS) is 26.3. The summed E-state index contributed by atoms with van der Waals surface area (Å²) in [5, 5.41) is 9.20. The molecule has 2 aliphatic heterocycles. The van der Waals surface area contributed by atoms with Gasteiger partial charge in [-0.25, -0.2) is 0 Å². The maximum atomic E-state index is 9.20. The SMILES string of the molecule is COc1ccc(CN2CC3CCCN3CC2C)cc1C#N. The summed E-state index contributed by atoms with van der Waals surface area (Å²) in [5.74, 6) is 0.662. The van der Waals surface area contributed by atoms with Crippen LogP contribution in [0.25, 0.3) is 0 Å². The van der Waals surface area contributed by atoms with Crippen LogP contribution >= 0.6 is 0 Å². The number of hydrogen-bond acceptors (Lipinski definition) is 4. The predicted octanol–water partition coefficient (Wildman–Crippen LogP) is 2.24. The van der Waals surface area contributed by atoms with Crippen LogP contribution < -0.4 is 4.74 Å². The van der Waals surface area contributed by atoms with Gasteiger partial charge in [0.15, 0.2) is 0 Å². The highest BCUT2D eigenvalue weighted by atomic mass is 16.5. The predicted molar refractivity (Wildman–Crippen MR) is 82.2 cm³/mol. The van der Waals surface area contributed by atoms with Crippen LogP contribution in [-0.2, 0) is 6.54 Å². The summed E-state index contributed by atoms with van der Waals surface area (Å²) in [5.41, 5.74) is 1.83. The van der Waals surface area contributed by atoms with Gasteiger partial charge in [-0.1, -0.05) is 6.07 Å². The largest absolute Gasteiger partial charge is 0.495 e. The number of methoxy groups -OCH3 is 1. The zero-order valence-corrected chi connectivity index (χ0v) is 12.9. The average Bonchev–Trinajstić information content (AvgIpc) is 2.94. The van der Waals surface area contributed by atoms with E-state index in [2.05, 4.69) is 28.9 Å². The van der Waals surface area contributed by atoms with E-state index in [1.54, 1.807) is 7.11 Å². The van der Waals surface area contributed by atoms with Crippen molar-refractivity contribution in [2.45, 2.75) is 38.4 Å². The zero-order chi connectivity index (χ0) is 14.8. The molecule has 112 valence electrons. The molecule has 2 aliphatic rings. The number of fused-ring (bicyclic) bond motifs is 1. The van der Waals surface area contributed by atoms with Crippen molar-refractivity contribution in [2.75, 3.05) is 26.7 Å². The molecule has 0 N–H and O–H groups in total. The standard InChI is InChI=1S/C17H23N3O/c1-13-10-19-7-3-4-16(19)12-20(13)11-14-5-6-17(21-2)15(8-14)9-18/h5-6,8,13,16H,3-4,7,10-12H2,1-2H3. The Bertz CT molecular complexity index is 551. The van der Waals surface area contributed by atoms with Crippen LogP contribution in [-0.4, -0.2) is 48.6 Å². The van der Waals surface area contributed by atoms with Crippen LogP contribution in [0.1, 0.15) is 30.9 Å². The fraction of sp³-hybridized carbons (Fsp3) is 0.588. The molecule has 0 aromatic heterocycles. The van der Waals surface area contributed by atoms with E-state index in [1.807, 2.05) is 12.1 Å². The van der Waals surface area contributed by atoms with E-state index in [9.17, 15) is 5.26 Å². The van der Waals surface area contributed by atoms with Crippen LogP contribution in [0.15, 0.2) is 18.2 Å². The lowest BCUT2D eigenvalue weighted by Crippen LogP contribution is -2.54. The minimum absolute atomic E-state index is 0.576. The Morgan fingerprint density at radius 3 is 3.00 bits per heavy atom. The minimum Gasteiger partial charge on any atom is -0.495 e. The van der Waals surface area contributed by atoms with Crippen molar-refractivity contribution in [1.82, 2.24) is 9.80 Å². The number of nitriles is 1. The van der Waals surface area contributed by atoms with Crippen molar-refractivity contribution in [3.8, 4) is 11.8 Å². The van der Waals surface area contributed by atoms with E-state index in [0.29, 0.717) is 17.4 Å². The molecular weight excluding hydrogens is 262 g/mol. The molecule has 4 heteroatoms. The van der Waals surface area contributed by atoms with Crippen molar-refractivity contribution in [3.63, 3.8) is 0 Å². The van der Waals surface area contributed by atoms with Gasteiger partial charge in [0.05, 0.1) is 12.7 Å². The summed E-state index contributed by atoms with van der Waals surface area (Å²) in [7, 11) is 1.61. The van der Waals surface area contributed by atoms with Gasteiger partial charge in [0.1, 0.15) is 11.8 Å². The maximum Gasteiger partial charge on any atom is 0.136 e. The molecule has 0 saturated carbocycles. The average molecular weight is 285 g/mol. The van der Waals surface area contributed by atoms with Gasteiger partial charge in [-0.2, -0.15) is 5.26 Å². The first-order valence-electron chi connectivity index (χ1n) is 7.76. The Balaban J connectivity index is 1.72. The van der Waals surface area contributed by atoms with E-state index < -0.39 is 0 Å². The number of nitrogens with zero attached hydrogens (tertiary/aromatic N) is 3. The van der Waals surface area contributed by atoms with Crippen LogP contribution in [0, 0.1) is 11.3 Å². The third-order valence-corrected chi connectivity index (χ3v) is 4.84. The van der Waals surface area contributed by atoms with Crippen molar-refractivity contribution >= 4 is 0 Å². The lowest BCUT2D eigenvalue weighted by atomic mass is 10.1. The Hall–Kier alpha value is -1.57. The van der Waals surface area contributed by atoms with Gasteiger partial charge in [-0.3, -0.25) is 9.80 Å². The highest BCUT2D eigenvalue weighted by Gasteiger charge is 2.34. The summed E-state index contributed by atoms with van der Waals surface area (Å²) in [6.07, 6.45) is 2.67. The van der Waals surface area contributed by atoms with Gasteiger partial charge < -0.3 is 4.74 Å². The second-order valence-electron chi connectivity index (χ2n) is 6.22. The van der Waals surface area contributed by atoms with Crippen LogP contribution in [0.5, 0.6) is 5.75 Å². The zero-order valence-electron chi connectivity index (χ0n) is 12.9. The maximum absolute atomic E-state index is 9.20. The van der Waals surface area contributed by atoms with Crippen molar-refractivity contribution in [2.24, 2.45) is 0 Å². The van der Waals surface area contributed by atoms with E-state index in [-0.39, 0.29) is 0 Å². The second kappa shape index (κ2) is 6.05. The summed E-state index contributed by atoms with van der Waals surface area (Å²) in [6.45, 7) is 6.82. The highest BCUT2D eigenvalue weighted by molar-refractivity contribution is 5.45. The Morgan fingerprint density at radius 2 is 2.24 bits per heavy atom. The number of piperazine rings is 1. The lowest BCUT2D eigenvalue weighted by molar-refractivity contribution is 0.0540. The van der Waals surface area contributed by atoms with Crippen LogP contribution in [0.2, 0.25) is 0 Å². The molecule has 0 aliphatic carbocycles. The monoisotopic (exact) mass is 285 g/mol. The third-order valence-electron chi connectivity index (χ3n) is 4.84. The quantitative estimate of drug-likeness (QED) is 0.854. The lowest BCUT2D eigenvalue weighted by Gasteiger charge is -2.42. The van der Waals surface area contributed by atoms with Gasteiger partial charge in [-0.15, -0.1) is 0 Å². The molecule has 0 spiro atoms. The van der Waals surface area contributed by atoms with Gasteiger partial charge >= 0.3 is 0 Å².